The standard InChI is InChI=1S/C15H22N4OS2/c1-9(2)14-17-10(3)13(22-14)11(4)19(5)8-12(20)18-15-16-6-7-21-15/h6-7,9,11H,8H2,1-5H3,(H,16,18,20)/t11-/m0/s1. The molecule has 1 N–H and O–H groups in total. The van der Waals surface area contributed by atoms with E-state index < -0.39 is 0 Å². The molecule has 0 aromatic carbocycles. The molecule has 7 heteroatoms. The van der Waals surface area contributed by atoms with Gasteiger partial charge in [-0.1, -0.05) is 13.8 Å². The van der Waals surface area contributed by atoms with Gasteiger partial charge in [-0.25, -0.2) is 9.97 Å². The van der Waals surface area contributed by atoms with E-state index in [-0.39, 0.29) is 11.9 Å². The van der Waals surface area contributed by atoms with Gasteiger partial charge in [0.05, 0.1) is 17.2 Å². The molecule has 0 saturated carbocycles. The van der Waals surface area contributed by atoms with E-state index in [0.717, 1.165) is 10.7 Å². The van der Waals surface area contributed by atoms with Crippen LogP contribution in [0.1, 0.15) is 48.3 Å². The van der Waals surface area contributed by atoms with E-state index in [0.29, 0.717) is 17.6 Å². The summed E-state index contributed by atoms with van der Waals surface area (Å²) in [6.45, 7) is 8.78. The highest BCUT2D eigenvalue weighted by molar-refractivity contribution is 7.13. The van der Waals surface area contributed by atoms with Gasteiger partial charge in [0.15, 0.2) is 5.13 Å². The predicted molar refractivity (Wildman–Crippen MR) is 92.7 cm³/mol. The molecule has 1 atom stereocenters. The molecule has 2 aromatic rings. The third-order valence-electron chi connectivity index (χ3n) is 3.46. The normalized spacial score (nSPS) is 12.9. The van der Waals surface area contributed by atoms with E-state index in [1.54, 1.807) is 17.5 Å². The van der Waals surface area contributed by atoms with Crippen LogP contribution in [0.2, 0.25) is 0 Å². The molecule has 0 unspecified atom stereocenters. The third-order valence-corrected chi connectivity index (χ3v) is 5.77. The summed E-state index contributed by atoms with van der Waals surface area (Å²) < 4.78 is 0. The number of hydrogen-bond donors (Lipinski definition) is 1. The Hall–Kier alpha value is -1.31. The zero-order chi connectivity index (χ0) is 16.3. The molecule has 2 rings (SSSR count). The van der Waals surface area contributed by atoms with Crippen molar-refractivity contribution in [2.75, 3.05) is 18.9 Å². The SMILES string of the molecule is Cc1nc(C(C)C)sc1[C@H](C)N(C)CC(=O)Nc1nccs1. The fourth-order valence-corrected chi connectivity index (χ4v) is 3.80. The molecule has 0 fully saturated rings. The van der Waals surface area contributed by atoms with Gasteiger partial charge >= 0.3 is 0 Å². The predicted octanol–water partition coefficient (Wildman–Crippen LogP) is 3.66. The van der Waals surface area contributed by atoms with Crippen LogP contribution in [0.3, 0.4) is 0 Å². The lowest BCUT2D eigenvalue weighted by Crippen LogP contribution is -2.32. The number of likely N-dealkylation sites (N-methyl/N-ethyl adjacent to an activating group) is 1. The molecular formula is C15H22N4OS2. The smallest absolute Gasteiger partial charge is 0.240 e. The van der Waals surface area contributed by atoms with Gasteiger partial charge in [-0.3, -0.25) is 9.69 Å². The average Bonchev–Trinajstić information content (AvgIpc) is 3.07. The summed E-state index contributed by atoms with van der Waals surface area (Å²) in [5.41, 5.74) is 1.06. The van der Waals surface area contributed by atoms with Crippen LogP contribution in [0.5, 0.6) is 0 Å². The minimum Gasteiger partial charge on any atom is -0.301 e. The Morgan fingerprint density at radius 2 is 2.14 bits per heavy atom. The minimum absolute atomic E-state index is 0.0458. The molecule has 0 radical (unpaired) electrons. The monoisotopic (exact) mass is 338 g/mol. The van der Waals surface area contributed by atoms with Gasteiger partial charge in [0, 0.05) is 28.4 Å². The number of hydrogen-bond acceptors (Lipinski definition) is 6. The van der Waals surface area contributed by atoms with Gasteiger partial charge in [-0.2, -0.15) is 0 Å². The molecule has 5 nitrogen and oxygen atoms in total. The fraction of sp³-hybridized carbons (Fsp3) is 0.533. The van der Waals surface area contributed by atoms with Crippen LogP contribution < -0.4 is 5.32 Å². The molecule has 1 amide bonds. The van der Waals surface area contributed by atoms with Gasteiger partial charge in [-0.15, -0.1) is 22.7 Å². The molecule has 120 valence electrons. The Labute approximate surface area is 139 Å². The lowest BCUT2D eigenvalue weighted by atomic mass is 10.2. The molecule has 0 aliphatic rings. The summed E-state index contributed by atoms with van der Waals surface area (Å²) in [5, 5.41) is 6.45. The van der Waals surface area contributed by atoms with Crippen molar-refractivity contribution in [3.8, 4) is 0 Å². The van der Waals surface area contributed by atoms with Crippen molar-refractivity contribution in [1.82, 2.24) is 14.9 Å². The van der Waals surface area contributed by atoms with E-state index >= 15 is 0 Å². The Kier molecular flexibility index (Phi) is 5.66. The highest BCUT2D eigenvalue weighted by Gasteiger charge is 2.21. The van der Waals surface area contributed by atoms with E-state index in [1.165, 1.54) is 16.2 Å². The zero-order valence-corrected chi connectivity index (χ0v) is 15.2. The van der Waals surface area contributed by atoms with Crippen LogP contribution in [0.4, 0.5) is 5.13 Å². The Morgan fingerprint density at radius 3 is 2.68 bits per heavy atom. The first-order valence-electron chi connectivity index (χ1n) is 7.25. The van der Waals surface area contributed by atoms with Crippen molar-refractivity contribution in [2.24, 2.45) is 0 Å². The van der Waals surface area contributed by atoms with Crippen LogP contribution in [0.15, 0.2) is 11.6 Å². The number of aromatic nitrogens is 2. The van der Waals surface area contributed by atoms with Crippen molar-refractivity contribution in [2.45, 2.75) is 39.7 Å². The number of carbonyl (C=O) groups is 1. The second-order valence-corrected chi connectivity index (χ2v) is 7.59. The lowest BCUT2D eigenvalue weighted by molar-refractivity contribution is -0.117. The number of amides is 1. The maximum Gasteiger partial charge on any atom is 0.240 e. The highest BCUT2D eigenvalue weighted by atomic mass is 32.1. The first-order valence-corrected chi connectivity index (χ1v) is 8.95. The maximum atomic E-state index is 12.1. The number of anilines is 1. The second kappa shape index (κ2) is 7.30. The zero-order valence-electron chi connectivity index (χ0n) is 13.6. The molecule has 0 aliphatic heterocycles. The number of rotatable bonds is 6. The van der Waals surface area contributed by atoms with Gasteiger partial charge in [-0.05, 0) is 20.9 Å². The Bertz CT molecular complexity index is 622. The quantitative estimate of drug-likeness (QED) is 0.873. The molecule has 2 heterocycles. The fourth-order valence-electron chi connectivity index (χ4n) is 2.07. The summed E-state index contributed by atoms with van der Waals surface area (Å²) in [6, 6.07) is 0.159. The molecule has 0 aliphatic carbocycles. The summed E-state index contributed by atoms with van der Waals surface area (Å²) in [5.74, 6) is 0.388. The number of nitrogens with zero attached hydrogens (tertiary/aromatic N) is 3. The summed E-state index contributed by atoms with van der Waals surface area (Å²) in [4.78, 5) is 24.0. The van der Waals surface area contributed by atoms with Crippen LogP contribution in [-0.2, 0) is 4.79 Å². The Balaban J connectivity index is 1.99. The van der Waals surface area contributed by atoms with Crippen molar-refractivity contribution >= 4 is 33.7 Å². The molecular weight excluding hydrogens is 316 g/mol. The van der Waals surface area contributed by atoms with E-state index in [2.05, 4.69) is 36.1 Å². The summed E-state index contributed by atoms with van der Waals surface area (Å²) in [6.07, 6.45) is 1.68. The number of carbonyl (C=O) groups excluding carboxylic acids is 1. The van der Waals surface area contributed by atoms with E-state index in [9.17, 15) is 4.79 Å². The first kappa shape index (κ1) is 17.1. The van der Waals surface area contributed by atoms with Crippen LogP contribution in [-0.4, -0.2) is 34.4 Å². The molecule has 0 saturated heterocycles. The van der Waals surface area contributed by atoms with Crippen LogP contribution in [0, 0.1) is 6.92 Å². The highest BCUT2D eigenvalue weighted by Crippen LogP contribution is 2.31. The first-order chi connectivity index (χ1) is 10.4. The van der Waals surface area contributed by atoms with E-state index in [4.69, 9.17) is 0 Å². The van der Waals surface area contributed by atoms with Crippen LogP contribution in [0.25, 0.3) is 0 Å². The van der Waals surface area contributed by atoms with Crippen molar-refractivity contribution in [3.05, 3.63) is 27.2 Å². The van der Waals surface area contributed by atoms with Crippen molar-refractivity contribution < 1.29 is 4.79 Å². The van der Waals surface area contributed by atoms with Gasteiger partial charge in [0.1, 0.15) is 0 Å². The Morgan fingerprint density at radius 1 is 1.41 bits per heavy atom. The number of thiazole rings is 2. The molecule has 22 heavy (non-hydrogen) atoms. The second-order valence-electron chi connectivity index (χ2n) is 5.63. The van der Waals surface area contributed by atoms with E-state index in [1.807, 2.05) is 24.3 Å². The summed E-state index contributed by atoms with van der Waals surface area (Å²) in [7, 11) is 1.96. The third kappa shape index (κ3) is 4.12. The van der Waals surface area contributed by atoms with Gasteiger partial charge in [0.25, 0.3) is 0 Å². The van der Waals surface area contributed by atoms with Crippen LogP contribution >= 0.6 is 22.7 Å². The van der Waals surface area contributed by atoms with Crippen molar-refractivity contribution in [1.29, 1.82) is 0 Å². The number of nitrogens with one attached hydrogen (secondary N) is 1. The summed E-state index contributed by atoms with van der Waals surface area (Å²) >= 11 is 3.16. The van der Waals surface area contributed by atoms with Gasteiger partial charge < -0.3 is 5.32 Å². The lowest BCUT2D eigenvalue weighted by Gasteiger charge is -2.23. The molecule has 0 bridgehead atoms. The molecule has 0 spiro atoms. The number of aryl methyl sites for hydroxylation is 1. The van der Waals surface area contributed by atoms with Crippen molar-refractivity contribution in [3.63, 3.8) is 0 Å². The average molecular weight is 339 g/mol. The largest absolute Gasteiger partial charge is 0.301 e. The topological polar surface area (TPSA) is 58.1 Å². The molecule has 2 aromatic heterocycles. The van der Waals surface area contributed by atoms with Gasteiger partial charge in [0.2, 0.25) is 5.91 Å². The maximum absolute atomic E-state index is 12.1. The minimum atomic E-state index is -0.0458.